The van der Waals surface area contributed by atoms with E-state index in [2.05, 4.69) is 21.2 Å². The van der Waals surface area contributed by atoms with Crippen molar-refractivity contribution in [1.29, 1.82) is 0 Å². The first kappa shape index (κ1) is 36.9. The van der Waals surface area contributed by atoms with Gasteiger partial charge in [-0.2, -0.15) is 0 Å². The van der Waals surface area contributed by atoms with E-state index in [1.165, 1.54) is 17.0 Å². The van der Waals surface area contributed by atoms with Crippen molar-refractivity contribution in [2.24, 2.45) is 0 Å². The molecule has 50 heavy (non-hydrogen) atoms. The zero-order valence-electron chi connectivity index (χ0n) is 28.5. The highest BCUT2D eigenvalue weighted by atomic mass is 79.9. The Morgan fingerprint density at radius 3 is 2.20 bits per heavy atom. The molecule has 0 aromatic heterocycles. The Morgan fingerprint density at radius 1 is 0.860 bits per heavy atom. The predicted octanol–water partition coefficient (Wildman–Crippen LogP) is 7.14. The van der Waals surface area contributed by atoms with Crippen LogP contribution >= 0.6 is 15.9 Å². The first-order valence-corrected chi connectivity index (χ1v) is 19.2. The predicted molar refractivity (Wildman–Crippen MR) is 199 cm³/mol. The van der Waals surface area contributed by atoms with Gasteiger partial charge in [0.15, 0.2) is 0 Å². The number of carbonyl (C=O) groups excluding carboxylic acids is 2. The molecule has 4 aromatic carbocycles. The van der Waals surface area contributed by atoms with E-state index in [-0.39, 0.29) is 35.5 Å². The summed E-state index contributed by atoms with van der Waals surface area (Å²) < 4.78 is 41.5. The monoisotopic (exact) mass is 761 g/mol. The summed E-state index contributed by atoms with van der Waals surface area (Å²) >= 11 is 3.38. The van der Waals surface area contributed by atoms with Gasteiger partial charge in [0.2, 0.25) is 11.8 Å². The summed E-state index contributed by atoms with van der Waals surface area (Å²) in [5, 5.41) is 3.24. The minimum atomic E-state index is -4.23. The number of rotatable bonds is 15. The minimum Gasteiger partial charge on any atom is -0.497 e. The zero-order valence-corrected chi connectivity index (χ0v) is 30.9. The minimum absolute atomic E-state index is 0.0152. The average molecular weight is 763 g/mol. The van der Waals surface area contributed by atoms with Crippen molar-refractivity contribution in [2.45, 2.75) is 69.0 Å². The standard InChI is InChI=1S/C39H44BrN3O6S/c1-3-49-34-21-19-33(20-22-34)43(50(46,47)36-23-17-31(40)18-24-36)28-38(44)42(27-30-13-10-16-35(25-30)48-2)37(26-29-11-6-4-7-12-29)39(45)41-32-14-8-5-9-15-32/h4,6-7,10-13,16-25,32,37H,3,5,8-9,14-15,26-28H2,1-2H3,(H,41,45). The number of halogens is 1. The lowest BCUT2D eigenvalue weighted by Gasteiger charge is -2.35. The smallest absolute Gasteiger partial charge is 0.264 e. The largest absolute Gasteiger partial charge is 0.497 e. The van der Waals surface area contributed by atoms with Gasteiger partial charge < -0.3 is 19.7 Å². The molecule has 1 aliphatic rings. The summed E-state index contributed by atoms with van der Waals surface area (Å²) in [5.41, 5.74) is 1.91. The number of sulfonamides is 1. The van der Waals surface area contributed by atoms with E-state index in [0.717, 1.165) is 52.0 Å². The van der Waals surface area contributed by atoms with Gasteiger partial charge >= 0.3 is 0 Å². The van der Waals surface area contributed by atoms with Crippen LogP contribution in [0.3, 0.4) is 0 Å². The molecule has 1 atom stereocenters. The first-order chi connectivity index (χ1) is 24.2. The van der Waals surface area contributed by atoms with Crippen molar-refractivity contribution >= 4 is 43.5 Å². The molecule has 9 nitrogen and oxygen atoms in total. The lowest BCUT2D eigenvalue weighted by atomic mass is 9.94. The number of nitrogens with zero attached hydrogens (tertiary/aromatic N) is 2. The second-order valence-electron chi connectivity index (χ2n) is 12.3. The van der Waals surface area contributed by atoms with Gasteiger partial charge in [0, 0.05) is 23.5 Å². The average Bonchev–Trinajstić information content (AvgIpc) is 3.13. The van der Waals surface area contributed by atoms with Crippen molar-refractivity contribution in [1.82, 2.24) is 10.2 Å². The Bertz CT molecular complexity index is 1820. The third kappa shape index (κ3) is 9.66. The zero-order chi connectivity index (χ0) is 35.5. The molecule has 11 heteroatoms. The molecule has 264 valence electrons. The highest BCUT2D eigenvalue weighted by molar-refractivity contribution is 9.10. The van der Waals surface area contributed by atoms with Gasteiger partial charge in [-0.3, -0.25) is 13.9 Å². The van der Waals surface area contributed by atoms with Crippen LogP contribution in [0.25, 0.3) is 0 Å². The molecular formula is C39H44BrN3O6S. The maximum Gasteiger partial charge on any atom is 0.264 e. The van der Waals surface area contributed by atoms with E-state index in [9.17, 15) is 18.0 Å². The molecule has 5 rings (SSSR count). The van der Waals surface area contributed by atoms with E-state index in [4.69, 9.17) is 9.47 Å². The highest BCUT2D eigenvalue weighted by Crippen LogP contribution is 2.28. The normalized spacial score (nSPS) is 14.0. The fourth-order valence-corrected chi connectivity index (χ4v) is 7.88. The van der Waals surface area contributed by atoms with Gasteiger partial charge in [0.05, 0.1) is 24.3 Å². The number of hydrogen-bond acceptors (Lipinski definition) is 6. The molecule has 0 spiro atoms. The van der Waals surface area contributed by atoms with E-state index < -0.39 is 28.5 Å². The van der Waals surface area contributed by atoms with Crippen molar-refractivity contribution < 1.29 is 27.5 Å². The molecule has 2 amide bonds. The van der Waals surface area contributed by atoms with Crippen LogP contribution in [-0.4, -0.2) is 57.5 Å². The molecule has 0 saturated heterocycles. The number of nitrogens with one attached hydrogen (secondary N) is 1. The molecule has 1 fully saturated rings. The molecular weight excluding hydrogens is 718 g/mol. The van der Waals surface area contributed by atoms with E-state index in [1.807, 2.05) is 61.5 Å². The molecule has 0 bridgehead atoms. The second-order valence-corrected chi connectivity index (χ2v) is 15.1. The summed E-state index contributed by atoms with van der Waals surface area (Å²) in [4.78, 5) is 30.6. The molecule has 0 radical (unpaired) electrons. The molecule has 1 saturated carbocycles. The number of hydrogen-bond donors (Lipinski definition) is 1. The van der Waals surface area contributed by atoms with Crippen LogP contribution in [0.1, 0.15) is 50.2 Å². The Hall–Kier alpha value is -4.35. The Labute approximate surface area is 303 Å². The summed E-state index contributed by atoms with van der Waals surface area (Å²) in [6, 6.07) is 28.9. The quantitative estimate of drug-likeness (QED) is 0.138. The third-order valence-electron chi connectivity index (χ3n) is 8.83. The number of anilines is 1. The summed E-state index contributed by atoms with van der Waals surface area (Å²) in [5.74, 6) is 0.392. The van der Waals surface area contributed by atoms with E-state index >= 15 is 0 Å². The topological polar surface area (TPSA) is 105 Å². The van der Waals surface area contributed by atoms with Gasteiger partial charge in [0.25, 0.3) is 10.0 Å². The van der Waals surface area contributed by atoms with Gasteiger partial charge in [-0.05, 0) is 91.6 Å². The Kier molecular flexibility index (Phi) is 12.9. The number of carbonyl (C=O) groups is 2. The summed E-state index contributed by atoms with van der Waals surface area (Å²) in [6.07, 6.45) is 5.21. The number of ether oxygens (including phenoxy) is 2. The maximum absolute atomic E-state index is 14.8. The highest BCUT2D eigenvalue weighted by Gasteiger charge is 2.35. The fourth-order valence-electron chi connectivity index (χ4n) is 6.20. The molecule has 0 aliphatic heterocycles. The lowest BCUT2D eigenvalue weighted by Crippen LogP contribution is -2.55. The Morgan fingerprint density at radius 2 is 1.54 bits per heavy atom. The summed E-state index contributed by atoms with van der Waals surface area (Å²) in [6.45, 7) is 1.83. The number of amides is 2. The van der Waals surface area contributed by atoms with Gasteiger partial charge in [-0.15, -0.1) is 0 Å². The van der Waals surface area contributed by atoms with E-state index in [1.54, 1.807) is 43.5 Å². The fraction of sp³-hybridized carbons (Fsp3) is 0.333. The van der Waals surface area contributed by atoms with Crippen LogP contribution in [0, 0.1) is 0 Å². The van der Waals surface area contributed by atoms with Crippen LogP contribution in [0.5, 0.6) is 11.5 Å². The summed E-state index contributed by atoms with van der Waals surface area (Å²) in [7, 11) is -2.66. The van der Waals surface area contributed by atoms with Crippen LogP contribution in [0.4, 0.5) is 5.69 Å². The molecule has 1 unspecified atom stereocenters. The third-order valence-corrected chi connectivity index (χ3v) is 11.1. The molecule has 1 N–H and O–H groups in total. The van der Waals surface area contributed by atoms with Crippen molar-refractivity contribution in [3.8, 4) is 11.5 Å². The SMILES string of the molecule is CCOc1ccc(N(CC(=O)N(Cc2cccc(OC)c2)C(Cc2ccccc2)C(=O)NC2CCCCC2)S(=O)(=O)c2ccc(Br)cc2)cc1. The molecule has 0 heterocycles. The lowest BCUT2D eigenvalue weighted by molar-refractivity contribution is -0.140. The number of benzene rings is 4. The maximum atomic E-state index is 14.8. The Balaban J connectivity index is 1.57. The first-order valence-electron chi connectivity index (χ1n) is 17.0. The van der Waals surface area contributed by atoms with Crippen LogP contribution in [0.2, 0.25) is 0 Å². The van der Waals surface area contributed by atoms with Crippen molar-refractivity contribution in [3.63, 3.8) is 0 Å². The molecule has 4 aromatic rings. The van der Waals surface area contributed by atoms with Crippen molar-refractivity contribution in [2.75, 3.05) is 24.6 Å². The van der Waals surface area contributed by atoms with E-state index in [0.29, 0.717) is 18.1 Å². The van der Waals surface area contributed by atoms with Gasteiger partial charge in [-0.1, -0.05) is 77.7 Å². The molecule has 1 aliphatic carbocycles. The van der Waals surface area contributed by atoms with Crippen molar-refractivity contribution in [3.05, 3.63) is 119 Å². The van der Waals surface area contributed by atoms with Crippen LogP contribution in [0.15, 0.2) is 112 Å². The van der Waals surface area contributed by atoms with Gasteiger partial charge in [-0.25, -0.2) is 8.42 Å². The number of methoxy groups -OCH3 is 1. The second kappa shape index (κ2) is 17.5. The van der Waals surface area contributed by atoms with Crippen LogP contribution < -0.4 is 19.1 Å². The van der Waals surface area contributed by atoms with Crippen LogP contribution in [-0.2, 0) is 32.6 Å². The van der Waals surface area contributed by atoms with Gasteiger partial charge in [0.1, 0.15) is 24.1 Å².